The Morgan fingerprint density at radius 1 is 1.33 bits per heavy atom. The van der Waals surface area contributed by atoms with Crippen molar-refractivity contribution in [1.82, 2.24) is 10.6 Å². The van der Waals surface area contributed by atoms with Crippen molar-refractivity contribution in [1.29, 1.82) is 0 Å². The zero-order valence-corrected chi connectivity index (χ0v) is 9.85. The number of nitrogens with one attached hydrogen (secondary N) is 2. The van der Waals surface area contributed by atoms with Gasteiger partial charge in [0.2, 0.25) is 5.91 Å². The summed E-state index contributed by atoms with van der Waals surface area (Å²) in [5.74, 6) is 0.200. The van der Waals surface area contributed by atoms with E-state index >= 15 is 0 Å². The third kappa shape index (κ3) is 5.17. The minimum Gasteiger partial charge on any atom is -0.355 e. The molecule has 1 aliphatic heterocycles. The van der Waals surface area contributed by atoms with Gasteiger partial charge in [-0.2, -0.15) is 0 Å². The smallest absolute Gasteiger partial charge is 0.237 e. The molecule has 1 aliphatic rings. The first kappa shape index (κ1) is 12.5. The summed E-state index contributed by atoms with van der Waals surface area (Å²) < 4.78 is 0. The molecule has 1 amide bonds. The molecule has 0 bridgehead atoms. The first-order valence-corrected chi connectivity index (χ1v) is 6.35. The van der Waals surface area contributed by atoms with Crippen molar-refractivity contribution in [2.24, 2.45) is 0 Å². The van der Waals surface area contributed by atoms with Gasteiger partial charge in [0, 0.05) is 6.54 Å². The summed E-state index contributed by atoms with van der Waals surface area (Å²) in [6.45, 7) is 4.04. The highest BCUT2D eigenvalue weighted by Crippen LogP contribution is 2.06. The van der Waals surface area contributed by atoms with Gasteiger partial charge in [-0.1, -0.05) is 32.6 Å². The Morgan fingerprint density at radius 2 is 2.20 bits per heavy atom. The molecular weight excluding hydrogens is 188 g/mol. The van der Waals surface area contributed by atoms with E-state index < -0.39 is 0 Å². The fourth-order valence-electron chi connectivity index (χ4n) is 1.96. The van der Waals surface area contributed by atoms with Crippen LogP contribution in [0.5, 0.6) is 0 Å². The molecule has 0 aromatic heterocycles. The van der Waals surface area contributed by atoms with Crippen LogP contribution in [0.2, 0.25) is 0 Å². The van der Waals surface area contributed by atoms with E-state index in [4.69, 9.17) is 0 Å². The number of carbonyl (C=O) groups excluding carboxylic acids is 1. The molecule has 0 aromatic carbocycles. The molecule has 1 rings (SSSR count). The minimum atomic E-state index is 0.0740. The Kier molecular flexibility index (Phi) is 6.41. The summed E-state index contributed by atoms with van der Waals surface area (Å²) in [5, 5.41) is 6.27. The molecule has 3 heteroatoms. The maximum atomic E-state index is 11.7. The second-order valence-corrected chi connectivity index (χ2v) is 4.35. The fraction of sp³-hybridized carbons (Fsp3) is 0.917. The van der Waals surface area contributed by atoms with Crippen molar-refractivity contribution < 1.29 is 4.79 Å². The lowest BCUT2D eigenvalue weighted by Gasteiger charge is -2.22. The van der Waals surface area contributed by atoms with Crippen LogP contribution in [0.25, 0.3) is 0 Å². The largest absolute Gasteiger partial charge is 0.355 e. The van der Waals surface area contributed by atoms with Gasteiger partial charge in [-0.15, -0.1) is 0 Å². The number of piperidine rings is 1. The van der Waals surface area contributed by atoms with Crippen LogP contribution in [0.15, 0.2) is 0 Å². The summed E-state index contributed by atoms with van der Waals surface area (Å²) >= 11 is 0. The van der Waals surface area contributed by atoms with E-state index in [0.29, 0.717) is 0 Å². The third-order valence-corrected chi connectivity index (χ3v) is 2.96. The van der Waals surface area contributed by atoms with Crippen molar-refractivity contribution in [3.63, 3.8) is 0 Å². The van der Waals surface area contributed by atoms with Gasteiger partial charge < -0.3 is 10.6 Å². The molecule has 3 nitrogen and oxygen atoms in total. The quantitative estimate of drug-likeness (QED) is 0.659. The first-order valence-electron chi connectivity index (χ1n) is 6.35. The number of rotatable bonds is 6. The Balaban J connectivity index is 2.02. The van der Waals surface area contributed by atoms with Crippen LogP contribution in [0.1, 0.15) is 51.9 Å². The van der Waals surface area contributed by atoms with Crippen LogP contribution in [-0.2, 0) is 4.79 Å². The lowest BCUT2D eigenvalue weighted by atomic mass is 10.0. The average Bonchev–Trinajstić information content (AvgIpc) is 2.30. The van der Waals surface area contributed by atoms with Crippen LogP contribution in [0.4, 0.5) is 0 Å². The summed E-state index contributed by atoms with van der Waals surface area (Å²) in [4.78, 5) is 11.7. The molecule has 0 spiro atoms. The van der Waals surface area contributed by atoms with Gasteiger partial charge in [0.25, 0.3) is 0 Å². The third-order valence-electron chi connectivity index (χ3n) is 2.96. The van der Waals surface area contributed by atoms with E-state index in [1.165, 1.54) is 32.1 Å². The van der Waals surface area contributed by atoms with E-state index in [-0.39, 0.29) is 11.9 Å². The molecule has 88 valence electrons. The first-order chi connectivity index (χ1) is 7.34. The molecule has 1 saturated heterocycles. The lowest BCUT2D eigenvalue weighted by Crippen LogP contribution is -2.46. The van der Waals surface area contributed by atoms with Gasteiger partial charge in [-0.3, -0.25) is 4.79 Å². The molecular formula is C12H24N2O. The van der Waals surface area contributed by atoms with E-state index in [1.807, 2.05) is 0 Å². The fourth-order valence-corrected chi connectivity index (χ4v) is 1.96. The molecule has 2 N–H and O–H groups in total. The maximum Gasteiger partial charge on any atom is 0.237 e. The van der Waals surface area contributed by atoms with Crippen molar-refractivity contribution in [3.05, 3.63) is 0 Å². The molecule has 0 unspecified atom stereocenters. The second kappa shape index (κ2) is 7.69. The van der Waals surface area contributed by atoms with Crippen LogP contribution in [-0.4, -0.2) is 25.0 Å². The molecule has 15 heavy (non-hydrogen) atoms. The number of amides is 1. The second-order valence-electron chi connectivity index (χ2n) is 4.35. The predicted octanol–water partition coefficient (Wildman–Crippen LogP) is 1.82. The van der Waals surface area contributed by atoms with Crippen molar-refractivity contribution >= 4 is 5.91 Å². The van der Waals surface area contributed by atoms with E-state index in [9.17, 15) is 4.79 Å². The molecule has 0 aliphatic carbocycles. The topological polar surface area (TPSA) is 41.1 Å². The lowest BCUT2D eigenvalue weighted by molar-refractivity contribution is -0.123. The summed E-state index contributed by atoms with van der Waals surface area (Å²) in [6, 6.07) is 0.0740. The van der Waals surface area contributed by atoms with E-state index in [2.05, 4.69) is 17.6 Å². The average molecular weight is 212 g/mol. The van der Waals surface area contributed by atoms with Crippen molar-refractivity contribution in [2.75, 3.05) is 13.1 Å². The van der Waals surface area contributed by atoms with Gasteiger partial charge in [0.05, 0.1) is 6.04 Å². The summed E-state index contributed by atoms with van der Waals surface area (Å²) in [6.07, 6.45) is 8.26. The molecule has 0 aromatic rings. The van der Waals surface area contributed by atoms with Crippen molar-refractivity contribution in [3.8, 4) is 0 Å². The highest BCUT2D eigenvalue weighted by Gasteiger charge is 2.19. The zero-order valence-electron chi connectivity index (χ0n) is 9.85. The van der Waals surface area contributed by atoms with Gasteiger partial charge >= 0.3 is 0 Å². The van der Waals surface area contributed by atoms with Crippen molar-refractivity contribution in [2.45, 2.75) is 57.9 Å². The highest BCUT2D eigenvalue weighted by atomic mass is 16.2. The van der Waals surface area contributed by atoms with E-state index in [0.717, 1.165) is 25.9 Å². The Labute approximate surface area is 93.0 Å². The number of hydrogen-bond donors (Lipinski definition) is 2. The molecule has 1 atom stereocenters. The summed E-state index contributed by atoms with van der Waals surface area (Å²) in [5.41, 5.74) is 0. The Bertz CT molecular complexity index is 176. The predicted molar refractivity (Wildman–Crippen MR) is 62.8 cm³/mol. The minimum absolute atomic E-state index is 0.0740. The number of carbonyl (C=O) groups is 1. The maximum absolute atomic E-state index is 11.7. The normalized spacial score (nSPS) is 21.3. The number of unbranched alkanes of at least 4 members (excludes halogenated alkanes) is 3. The molecule has 1 fully saturated rings. The Hall–Kier alpha value is -0.570. The Morgan fingerprint density at radius 3 is 2.87 bits per heavy atom. The SMILES string of the molecule is CCCCCCNC(=O)[C@H]1CCCCN1. The monoisotopic (exact) mass is 212 g/mol. The molecule has 0 radical (unpaired) electrons. The van der Waals surface area contributed by atoms with Gasteiger partial charge in [0.15, 0.2) is 0 Å². The summed E-state index contributed by atoms with van der Waals surface area (Å²) in [7, 11) is 0. The van der Waals surface area contributed by atoms with Gasteiger partial charge in [-0.05, 0) is 25.8 Å². The van der Waals surface area contributed by atoms with Crippen LogP contribution >= 0.6 is 0 Å². The van der Waals surface area contributed by atoms with Gasteiger partial charge in [0.1, 0.15) is 0 Å². The molecule has 0 saturated carbocycles. The number of hydrogen-bond acceptors (Lipinski definition) is 2. The van der Waals surface area contributed by atoms with Crippen LogP contribution in [0.3, 0.4) is 0 Å². The zero-order chi connectivity index (χ0) is 10.9. The van der Waals surface area contributed by atoms with Crippen LogP contribution < -0.4 is 10.6 Å². The van der Waals surface area contributed by atoms with Gasteiger partial charge in [-0.25, -0.2) is 0 Å². The van der Waals surface area contributed by atoms with Crippen LogP contribution in [0, 0.1) is 0 Å². The highest BCUT2D eigenvalue weighted by molar-refractivity contribution is 5.81. The van der Waals surface area contributed by atoms with E-state index in [1.54, 1.807) is 0 Å². The standard InChI is InChI=1S/C12H24N2O/c1-2-3-4-6-10-14-12(15)11-8-5-7-9-13-11/h11,13H,2-10H2,1H3,(H,14,15)/t11-/m1/s1. The molecule has 1 heterocycles.